The first-order valence-electron chi connectivity index (χ1n) is 10.3. The molecule has 30 heavy (non-hydrogen) atoms. The van der Waals surface area contributed by atoms with Crippen LogP contribution in [-0.2, 0) is 20.7 Å². The van der Waals surface area contributed by atoms with Crippen LogP contribution in [0.4, 0.5) is 4.39 Å². The molecule has 0 radical (unpaired) electrons. The molecular weight excluding hydrogens is 502 g/mol. The van der Waals surface area contributed by atoms with Gasteiger partial charge >= 0.3 is 0 Å². The highest BCUT2D eigenvalue weighted by Gasteiger charge is 2.17. The smallest absolute Gasteiger partial charge is 0.222 e. The topological polar surface area (TPSA) is 98.0 Å². The highest BCUT2D eigenvalue weighted by molar-refractivity contribution is 14.0. The molecule has 2 atom stereocenters. The van der Waals surface area contributed by atoms with Gasteiger partial charge in [0.15, 0.2) is 5.96 Å². The summed E-state index contributed by atoms with van der Waals surface area (Å²) >= 11 is 0. The minimum atomic E-state index is -0.451. The molecule has 170 valence electrons. The zero-order valence-electron chi connectivity index (χ0n) is 17.6. The molecule has 2 unspecified atom stereocenters. The summed E-state index contributed by atoms with van der Waals surface area (Å²) in [5.74, 6) is -0.0107. The summed E-state index contributed by atoms with van der Waals surface area (Å²) in [5, 5.41) is 6.41. The SMILES string of the molecule is CCNC(=NCC(Cc1ccc(F)cc1)C(N)=O)NCCCOCC1CCOC1.I. The monoisotopic (exact) mass is 536 g/mol. The lowest BCUT2D eigenvalue weighted by molar-refractivity contribution is -0.121. The summed E-state index contributed by atoms with van der Waals surface area (Å²) < 4.78 is 24.1. The maximum Gasteiger partial charge on any atom is 0.222 e. The van der Waals surface area contributed by atoms with Crippen molar-refractivity contribution in [3.8, 4) is 0 Å². The van der Waals surface area contributed by atoms with E-state index in [0.717, 1.165) is 38.2 Å². The Morgan fingerprint density at radius 1 is 1.37 bits per heavy atom. The molecule has 0 aliphatic carbocycles. The van der Waals surface area contributed by atoms with Crippen LogP contribution in [0.15, 0.2) is 29.3 Å². The van der Waals surface area contributed by atoms with Crippen molar-refractivity contribution in [2.24, 2.45) is 22.6 Å². The number of aliphatic imine (C=N–C) groups is 1. The predicted octanol–water partition coefficient (Wildman–Crippen LogP) is 2.09. The standard InChI is InChI=1S/C21H33FN4O3.HI/c1-2-24-21(25-9-3-10-28-14-17-8-11-29-15-17)26-13-18(20(23)27)12-16-4-6-19(22)7-5-16;/h4-7,17-18H,2-3,8-15H2,1H3,(H2,23,27)(H2,24,25,26);1H. The summed E-state index contributed by atoms with van der Waals surface area (Å²) in [6.07, 6.45) is 2.36. The molecule has 1 amide bonds. The van der Waals surface area contributed by atoms with Gasteiger partial charge in [-0.15, -0.1) is 24.0 Å². The molecule has 1 heterocycles. The fourth-order valence-electron chi connectivity index (χ4n) is 3.05. The van der Waals surface area contributed by atoms with E-state index in [1.165, 1.54) is 12.1 Å². The molecule has 0 aromatic heterocycles. The third-order valence-electron chi connectivity index (χ3n) is 4.75. The zero-order valence-corrected chi connectivity index (χ0v) is 19.9. The number of carbonyl (C=O) groups is 1. The van der Waals surface area contributed by atoms with E-state index in [0.29, 0.717) is 38.0 Å². The van der Waals surface area contributed by atoms with Crippen molar-refractivity contribution in [2.75, 3.05) is 46.1 Å². The average molecular weight is 536 g/mol. The molecule has 1 aromatic carbocycles. The van der Waals surface area contributed by atoms with E-state index >= 15 is 0 Å². The lowest BCUT2D eigenvalue weighted by Gasteiger charge is -2.15. The molecule has 0 spiro atoms. The third-order valence-corrected chi connectivity index (χ3v) is 4.75. The van der Waals surface area contributed by atoms with Crippen LogP contribution in [-0.4, -0.2) is 57.9 Å². The van der Waals surface area contributed by atoms with Crippen LogP contribution in [0, 0.1) is 17.7 Å². The number of nitrogens with two attached hydrogens (primary N) is 1. The van der Waals surface area contributed by atoms with Gasteiger partial charge in [0.1, 0.15) is 5.82 Å². The number of nitrogens with zero attached hydrogens (tertiary/aromatic N) is 1. The summed E-state index contributed by atoms with van der Waals surface area (Å²) in [4.78, 5) is 16.3. The van der Waals surface area contributed by atoms with Crippen molar-refractivity contribution in [3.05, 3.63) is 35.6 Å². The summed E-state index contributed by atoms with van der Waals surface area (Å²) in [6, 6.07) is 6.08. The van der Waals surface area contributed by atoms with E-state index in [1.807, 2.05) is 6.92 Å². The Labute approximate surface area is 195 Å². The van der Waals surface area contributed by atoms with E-state index in [4.69, 9.17) is 15.2 Å². The number of primary amides is 1. The van der Waals surface area contributed by atoms with Gasteiger partial charge in [0, 0.05) is 32.2 Å². The molecular formula is C21H34FIN4O3. The number of hydrogen-bond donors (Lipinski definition) is 3. The predicted molar refractivity (Wildman–Crippen MR) is 127 cm³/mol. The van der Waals surface area contributed by atoms with Crippen molar-refractivity contribution in [1.82, 2.24) is 10.6 Å². The summed E-state index contributed by atoms with van der Waals surface area (Å²) in [5.41, 5.74) is 6.39. The molecule has 1 saturated heterocycles. The molecule has 0 bridgehead atoms. The van der Waals surface area contributed by atoms with Gasteiger partial charge in [0.2, 0.25) is 5.91 Å². The number of ether oxygens (including phenoxy) is 2. The molecule has 9 heteroatoms. The van der Waals surface area contributed by atoms with Crippen molar-refractivity contribution in [2.45, 2.75) is 26.2 Å². The second-order valence-corrected chi connectivity index (χ2v) is 7.23. The quantitative estimate of drug-likeness (QED) is 0.165. The Morgan fingerprint density at radius 2 is 2.13 bits per heavy atom. The van der Waals surface area contributed by atoms with Crippen LogP contribution in [0.1, 0.15) is 25.3 Å². The van der Waals surface area contributed by atoms with Crippen molar-refractivity contribution in [1.29, 1.82) is 0 Å². The minimum Gasteiger partial charge on any atom is -0.381 e. The molecule has 4 N–H and O–H groups in total. The number of carbonyl (C=O) groups excluding carboxylic acids is 1. The van der Waals surface area contributed by atoms with Crippen LogP contribution in [0.5, 0.6) is 0 Å². The van der Waals surface area contributed by atoms with Crippen LogP contribution in [0.3, 0.4) is 0 Å². The number of benzene rings is 1. The number of guanidine groups is 1. The van der Waals surface area contributed by atoms with Crippen LogP contribution in [0.2, 0.25) is 0 Å². The van der Waals surface area contributed by atoms with Gasteiger partial charge in [-0.2, -0.15) is 0 Å². The number of halogens is 2. The zero-order chi connectivity index (χ0) is 20.9. The Morgan fingerprint density at radius 3 is 2.77 bits per heavy atom. The third kappa shape index (κ3) is 10.5. The normalized spacial score (nSPS) is 17.3. The molecule has 1 aliphatic rings. The maximum absolute atomic E-state index is 13.1. The fourth-order valence-corrected chi connectivity index (χ4v) is 3.05. The van der Waals surface area contributed by atoms with Crippen molar-refractivity contribution in [3.63, 3.8) is 0 Å². The Hall–Kier alpha value is -1.46. The van der Waals surface area contributed by atoms with Crippen LogP contribution in [0.25, 0.3) is 0 Å². The van der Waals surface area contributed by atoms with Gasteiger partial charge in [-0.1, -0.05) is 12.1 Å². The fraction of sp³-hybridized carbons (Fsp3) is 0.619. The number of rotatable bonds is 12. The largest absolute Gasteiger partial charge is 0.381 e. The maximum atomic E-state index is 13.1. The van der Waals surface area contributed by atoms with E-state index in [1.54, 1.807) is 12.1 Å². The van der Waals surface area contributed by atoms with Gasteiger partial charge < -0.3 is 25.8 Å². The molecule has 1 aliphatic heterocycles. The Balaban J connectivity index is 0.00000450. The summed E-state index contributed by atoms with van der Waals surface area (Å²) in [6.45, 7) is 6.74. The Kier molecular flexibility index (Phi) is 13.6. The van der Waals surface area contributed by atoms with Crippen LogP contribution >= 0.6 is 24.0 Å². The first kappa shape index (κ1) is 26.6. The molecule has 0 saturated carbocycles. The highest BCUT2D eigenvalue weighted by atomic mass is 127. The van der Waals surface area contributed by atoms with E-state index in [9.17, 15) is 9.18 Å². The molecule has 1 aromatic rings. The lowest BCUT2D eigenvalue weighted by Crippen LogP contribution is -2.39. The second-order valence-electron chi connectivity index (χ2n) is 7.23. The lowest BCUT2D eigenvalue weighted by atomic mass is 9.99. The molecule has 2 rings (SSSR count). The first-order chi connectivity index (χ1) is 14.1. The van der Waals surface area contributed by atoms with Crippen molar-refractivity contribution >= 4 is 35.8 Å². The van der Waals surface area contributed by atoms with Crippen molar-refractivity contribution < 1.29 is 18.7 Å². The van der Waals surface area contributed by atoms with Gasteiger partial charge in [0.25, 0.3) is 0 Å². The van der Waals surface area contributed by atoms with Gasteiger partial charge in [0.05, 0.1) is 25.7 Å². The van der Waals surface area contributed by atoms with E-state index in [2.05, 4.69) is 15.6 Å². The van der Waals surface area contributed by atoms with Gasteiger partial charge in [-0.05, 0) is 43.9 Å². The molecule has 7 nitrogen and oxygen atoms in total. The minimum absolute atomic E-state index is 0. The van der Waals surface area contributed by atoms with E-state index in [-0.39, 0.29) is 36.3 Å². The van der Waals surface area contributed by atoms with Gasteiger partial charge in [-0.25, -0.2) is 4.39 Å². The summed E-state index contributed by atoms with van der Waals surface area (Å²) in [7, 11) is 0. The first-order valence-corrected chi connectivity index (χ1v) is 10.3. The highest BCUT2D eigenvalue weighted by Crippen LogP contribution is 2.12. The average Bonchev–Trinajstić information content (AvgIpc) is 3.22. The van der Waals surface area contributed by atoms with Gasteiger partial charge in [-0.3, -0.25) is 9.79 Å². The number of hydrogen-bond acceptors (Lipinski definition) is 4. The Bertz CT molecular complexity index is 640. The number of amides is 1. The van der Waals surface area contributed by atoms with E-state index < -0.39 is 11.8 Å². The van der Waals surface area contributed by atoms with Crippen LogP contribution < -0.4 is 16.4 Å². The second kappa shape index (κ2) is 15.4. The molecule has 1 fully saturated rings. The number of nitrogens with one attached hydrogen (secondary N) is 2.